The van der Waals surface area contributed by atoms with Crippen LogP contribution < -0.4 is 5.32 Å². The van der Waals surface area contributed by atoms with Gasteiger partial charge in [0, 0.05) is 12.2 Å². The van der Waals surface area contributed by atoms with Gasteiger partial charge in [0.05, 0.1) is 11.7 Å². The maximum Gasteiger partial charge on any atom is 0.246 e. The quantitative estimate of drug-likeness (QED) is 0.724. The van der Waals surface area contributed by atoms with Gasteiger partial charge in [0.1, 0.15) is 22.0 Å². The molecule has 1 aliphatic rings. The number of carbonyl (C=O) groups excluding carboxylic acids is 1. The Morgan fingerprint density at radius 1 is 1.19 bits per heavy atom. The number of rotatable bonds is 4. The zero-order chi connectivity index (χ0) is 19.0. The second kappa shape index (κ2) is 6.99. The van der Waals surface area contributed by atoms with Crippen molar-refractivity contribution in [2.75, 3.05) is 11.9 Å². The fourth-order valence-electron chi connectivity index (χ4n) is 3.27. The number of sulfonamides is 1. The topological polar surface area (TPSA) is 92.3 Å². The number of hydrogen-bond donors (Lipinski definition) is 1. The lowest BCUT2D eigenvalue weighted by molar-refractivity contribution is -0.119. The lowest BCUT2D eigenvalue weighted by atomic mass is 10.2. The lowest BCUT2D eigenvalue weighted by Crippen LogP contribution is -2.43. The predicted octanol–water partition coefficient (Wildman–Crippen LogP) is 2.79. The molecule has 1 N–H and O–H groups in total. The maximum atomic E-state index is 13.2. The molecule has 9 heteroatoms. The Bertz CT molecular complexity index is 1090. The van der Waals surface area contributed by atoms with Crippen LogP contribution in [0.1, 0.15) is 18.4 Å². The molecule has 4 rings (SSSR count). The highest BCUT2D eigenvalue weighted by Gasteiger charge is 2.40. The van der Waals surface area contributed by atoms with Crippen molar-refractivity contribution >= 4 is 44.4 Å². The Labute approximate surface area is 161 Å². The molecule has 0 radical (unpaired) electrons. The second-order valence-corrected chi connectivity index (χ2v) is 8.90. The van der Waals surface area contributed by atoms with Crippen molar-refractivity contribution in [3.05, 3.63) is 48.0 Å². The van der Waals surface area contributed by atoms with Crippen molar-refractivity contribution in [1.82, 2.24) is 13.1 Å². The Morgan fingerprint density at radius 3 is 2.74 bits per heavy atom. The number of carbonyl (C=O) groups is 1. The number of nitrogens with one attached hydrogen (secondary N) is 1. The minimum Gasteiger partial charge on any atom is -0.325 e. The highest BCUT2D eigenvalue weighted by molar-refractivity contribution is 7.89. The number of aryl methyl sites for hydroxylation is 1. The third-order valence-corrected chi connectivity index (χ3v) is 7.14. The summed E-state index contributed by atoms with van der Waals surface area (Å²) in [5, 5.41) is 2.83. The van der Waals surface area contributed by atoms with Gasteiger partial charge in [-0.15, -0.1) is 0 Å². The SMILES string of the molecule is Cc1ccc(NC(=O)C2CCCN2S(=O)(=O)c2cccc3nsnc23)cc1. The first kappa shape index (κ1) is 18.0. The van der Waals surface area contributed by atoms with Gasteiger partial charge in [-0.2, -0.15) is 13.1 Å². The van der Waals surface area contributed by atoms with Crippen LogP contribution >= 0.6 is 11.7 Å². The van der Waals surface area contributed by atoms with E-state index in [9.17, 15) is 13.2 Å². The summed E-state index contributed by atoms with van der Waals surface area (Å²) >= 11 is 0.973. The number of fused-ring (bicyclic) bond motifs is 1. The molecule has 1 fully saturated rings. The fraction of sp³-hybridized carbons (Fsp3) is 0.278. The van der Waals surface area contributed by atoms with Gasteiger partial charge in [0.25, 0.3) is 0 Å². The van der Waals surface area contributed by atoms with Crippen molar-refractivity contribution in [1.29, 1.82) is 0 Å². The van der Waals surface area contributed by atoms with Crippen molar-refractivity contribution in [2.45, 2.75) is 30.7 Å². The molecule has 1 amide bonds. The van der Waals surface area contributed by atoms with Crippen LogP contribution in [0.4, 0.5) is 5.69 Å². The van der Waals surface area contributed by atoms with Crippen LogP contribution in [0.25, 0.3) is 11.0 Å². The smallest absolute Gasteiger partial charge is 0.246 e. The highest BCUT2D eigenvalue weighted by Crippen LogP contribution is 2.30. The van der Waals surface area contributed by atoms with Crippen LogP contribution in [0, 0.1) is 6.92 Å². The first-order chi connectivity index (χ1) is 13.0. The molecule has 0 aliphatic carbocycles. The Kier molecular flexibility index (Phi) is 4.67. The fourth-order valence-corrected chi connectivity index (χ4v) is 5.68. The van der Waals surface area contributed by atoms with E-state index in [1.807, 2.05) is 31.2 Å². The monoisotopic (exact) mass is 402 g/mol. The van der Waals surface area contributed by atoms with E-state index in [2.05, 4.69) is 14.1 Å². The molecule has 1 saturated heterocycles. The summed E-state index contributed by atoms with van der Waals surface area (Å²) in [6.07, 6.45) is 1.12. The number of amides is 1. The van der Waals surface area contributed by atoms with Crippen LogP contribution in [-0.2, 0) is 14.8 Å². The first-order valence-corrected chi connectivity index (χ1v) is 10.7. The Balaban J connectivity index is 1.63. The van der Waals surface area contributed by atoms with Gasteiger partial charge in [0.15, 0.2) is 0 Å². The van der Waals surface area contributed by atoms with Crippen molar-refractivity contribution in [3.63, 3.8) is 0 Å². The van der Waals surface area contributed by atoms with Crippen LogP contribution in [0.2, 0.25) is 0 Å². The van der Waals surface area contributed by atoms with Crippen molar-refractivity contribution in [2.24, 2.45) is 0 Å². The molecule has 0 saturated carbocycles. The molecule has 140 valence electrons. The number of nitrogens with zero attached hydrogens (tertiary/aromatic N) is 3. The minimum atomic E-state index is -3.85. The maximum absolute atomic E-state index is 13.2. The number of anilines is 1. The molecule has 2 heterocycles. The van der Waals surface area contributed by atoms with Crippen LogP contribution in [0.15, 0.2) is 47.4 Å². The molecule has 1 unspecified atom stereocenters. The second-order valence-electron chi connectivity index (χ2n) is 6.52. The van der Waals surface area contributed by atoms with Crippen LogP contribution in [0.5, 0.6) is 0 Å². The molecule has 2 aromatic carbocycles. The van der Waals surface area contributed by atoms with Crippen molar-refractivity contribution < 1.29 is 13.2 Å². The summed E-state index contributed by atoms with van der Waals surface area (Å²) in [7, 11) is -3.85. The molecule has 1 atom stereocenters. The van der Waals surface area contributed by atoms with E-state index < -0.39 is 16.1 Å². The third kappa shape index (κ3) is 3.33. The third-order valence-electron chi connectivity index (χ3n) is 4.66. The summed E-state index contributed by atoms with van der Waals surface area (Å²) in [6.45, 7) is 2.27. The molecule has 7 nitrogen and oxygen atoms in total. The van der Waals surface area contributed by atoms with E-state index in [0.717, 1.165) is 17.3 Å². The average molecular weight is 403 g/mol. The van der Waals surface area contributed by atoms with Gasteiger partial charge < -0.3 is 5.32 Å². The van der Waals surface area contributed by atoms with Gasteiger partial charge in [-0.3, -0.25) is 4.79 Å². The predicted molar refractivity (Wildman–Crippen MR) is 104 cm³/mol. The summed E-state index contributed by atoms with van der Waals surface area (Å²) < 4.78 is 36.0. The molecule has 1 aromatic heterocycles. The molecule has 1 aliphatic heterocycles. The summed E-state index contributed by atoms with van der Waals surface area (Å²) in [4.78, 5) is 12.9. The van der Waals surface area contributed by atoms with Gasteiger partial charge >= 0.3 is 0 Å². The molecule has 0 spiro atoms. The van der Waals surface area contributed by atoms with E-state index in [1.54, 1.807) is 12.1 Å². The summed E-state index contributed by atoms with van der Waals surface area (Å²) in [6, 6.07) is 11.6. The van der Waals surface area contributed by atoms with E-state index >= 15 is 0 Å². The zero-order valence-electron chi connectivity index (χ0n) is 14.6. The number of aromatic nitrogens is 2. The summed E-state index contributed by atoms with van der Waals surface area (Å²) in [5.74, 6) is -0.316. The van der Waals surface area contributed by atoms with E-state index in [1.165, 1.54) is 10.4 Å². The summed E-state index contributed by atoms with van der Waals surface area (Å²) in [5.41, 5.74) is 2.64. The number of hydrogen-bond acceptors (Lipinski definition) is 6. The van der Waals surface area contributed by atoms with E-state index in [4.69, 9.17) is 0 Å². The van der Waals surface area contributed by atoms with Crippen LogP contribution in [-0.4, -0.2) is 40.0 Å². The molecule has 0 bridgehead atoms. The number of benzene rings is 2. The van der Waals surface area contributed by atoms with E-state index in [-0.39, 0.29) is 10.8 Å². The van der Waals surface area contributed by atoms with Gasteiger partial charge in [-0.25, -0.2) is 8.42 Å². The standard InChI is InChI=1S/C18H18N4O3S2/c1-12-7-9-13(10-8-12)19-18(23)15-5-3-11-22(15)27(24,25)16-6-2-4-14-17(16)21-26-20-14/h2,4,6-10,15H,3,5,11H2,1H3,(H,19,23). The van der Waals surface area contributed by atoms with Gasteiger partial charge in [-0.1, -0.05) is 23.8 Å². The largest absolute Gasteiger partial charge is 0.325 e. The highest BCUT2D eigenvalue weighted by atomic mass is 32.2. The molecular formula is C18H18N4O3S2. The lowest BCUT2D eigenvalue weighted by Gasteiger charge is -2.23. The van der Waals surface area contributed by atoms with Crippen LogP contribution in [0.3, 0.4) is 0 Å². The normalized spacial score (nSPS) is 18.0. The van der Waals surface area contributed by atoms with Gasteiger partial charge in [0.2, 0.25) is 15.9 Å². The van der Waals surface area contributed by atoms with Crippen molar-refractivity contribution in [3.8, 4) is 0 Å². The first-order valence-electron chi connectivity index (χ1n) is 8.57. The average Bonchev–Trinajstić information content (AvgIpc) is 3.32. The minimum absolute atomic E-state index is 0.101. The zero-order valence-corrected chi connectivity index (χ0v) is 16.3. The Morgan fingerprint density at radius 2 is 1.96 bits per heavy atom. The molecule has 27 heavy (non-hydrogen) atoms. The molecule has 3 aromatic rings. The van der Waals surface area contributed by atoms with Gasteiger partial charge in [-0.05, 0) is 44.0 Å². The molecular weight excluding hydrogens is 384 g/mol. The van der Waals surface area contributed by atoms with E-state index in [0.29, 0.717) is 36.1 Å². The Hall–Kier alpha value is -2.36.